The molecule has 1 heterocycles. The summed E-state index contributed by atoms with van der Waals surface area (Å²) in [5.74, 6) is 0.791. The van der Waals surface area contributed by atoms with Gasteiger partial charge in [0.2, 0.25) is 10.0 Å². The van der Waals surface area contributed by atoms with Gasteiger partial charge in [-0.3, -0.25) is 0 Å². The Hall–Kier alpha value is -1.01. The van der Waals surface area contributed by atoms with Crippen molar-refractivity contribution in [2.45, 2.75) is 16.6 Å². The van der Waals surface area contributed by atoms with E-state index in [0.29, 0.717) is 23.4 Å². The number of rotatable bonds is 3. The largest absolute Gasteiger partial charge is 0.243 e. The third kappa shape index (κ3) is 3.91. The summed E-state index contributed by atoms with van der Waals surface area (Å²) >= 11 is 7.76. The lowest BCUT2D eigenvalue weighted by Crippen LogP contribution is -2.33. The van der Waals surface area contributed by atoms with Crippen LogP contribution in [0.1, 0.15) is 17.2 Å². The average molecular weight is 368 g/mol. The van der Waals surface area contributed by atoms with Crippen molar-refractivity contribution in [3.05, 3.63) is 65.2 Å². The lowest BCUT2D eigenvalue weighted by molar-refractivity contribution is 0.428. The lowest BCUT2D eigenvalue weighted by Gasteiger charge is -2.20. The van der Waals surface area contributed by atoms with Gasteiger partial charge in [0.1, 0.15) is 0 Å². The van der Waals surface area contributed by atoms with Gasteiger partial charge in [0.25, 0.3) is 0 Å². The lowest BCUT2D eigenvalue weighted by atomic mass is 10.1. The van der Waals surface area contributed by atoms with E-state index >= 15 is 0 Å². The van der Waals surface area contributed by atoms with Crippen LogP contribution in [-0.2, 0) is 10.0 Å². The van der Waals surface area contributed by atoms with Gasteiger partial charge < -0.3 is 0 Å². The van der Waals surface area contributed by atoms with Crippen LogP contribution in [-0.4, -0.2) is 31.6 Å². The number of hydrogen-bond donors (Lipinski definition) is 0. The predicted octanol–water partition coefficient (Wildman–Crippen LogP) is 4.21. The Balaban J connectivity index is 1.77. The van der Waals surface area contributed by atoms with Crippen molar-refractivity contribution in [2.75, 3.05) is 18.8 Å². The van der Waals surface area contributed by atoms with Crippen molar-refractivity contribution in [3.8, 4) is 0 Å². The quantitative estimate of drug-likeness (QED) is 0.815. The Morgan fingerprint density at radius 3 is 2.57 bits per heavy atom. The molecule has 0 aliphatic carbocycles. The molecule has 0 bridgehead atoms. The summed E-state index contributed by atoms with van der Waals surface area (Å²) < 4.78 is 27.2. The van der Waals surface area contributed by atoms with Crippen LogP contribution in [0.25, 0.3) is 0 Å². The van der Waals surface area contributed by atoms with Crippen LogP contribution in [0, 0.1) is 0 Å². The Kier molecular flexibility index (Phi) is 5.31. The zero-order valence-corrected chi connectivity index (χ0v) is 14.9. The first-order chi connectivity index (χ1) is 11.1. The maximum Gasteiger partial charge on any atom is 0.243 e. The van der Waals surface area contributed by atoms with Gasteiger partial charge in [0.05, 0.1) is 4.90 Å². The summed E-state index contributed by atoms with van der Waals surface area (Å²) in [5, 5.41) is 0.785. The SMILES string of the molecule is O=S(=O)(c1cccc(Cl)c1)N1CCS[C@H](c2ccccc2)CC1. The molecule has 23 heavy (non-hydrogen) atoms. The molecule has 3 nitrogen and oxygen atoms in total. The number of thioether (sulfide) groups is 1. The van der Waals surface area contributed by atoms with Crippen LogP contribution >= 0.6 is 23.4 Å². The van der Waals surface area contributed by atoms with Crippen LogP contribution < -0.4 is 0 Å². The fraction of sp³-hybridized carbons (Fsp3) is 0.294. The van der Waals surface area contributed by atoms with E-state index in [1.165, 1.54) is 11.6 Å². The van der Waals surface area contributed by atoms with Crippen LogP contribution in [0.15, 0.2) is 59.5 Å². The maximum atomic E-state index is 12.8. The molecule has 2 aromatic rings. The molecule has 0 unspecified atom stereocenters. The minimum atomic E-state index is -3.48. The first-order valence-corrected chi connectivity index (χ1v) is 10.4. The molecule has 2 aromatic carbocycles. The number of halogens is 1. The van der Waals surface area contributed by atoms with Crippen molar-refractivity contribution in [3.63, 3.8) is 0 Å². The summed E-state index contributed by atoms with van der Waals surface area (Å²) in [5.41, 5.74) is 1.26. The normalized spacial score (nSPS) is 20.1. The average Bonchev–Trinajstić information content (AvgIpc) is 2.82. The first-order valence-electron chi connectivity index (χ1n) is 7.49. The number of nitrogens with zero attached hydrogens (tertiary/aromatic N) is 1. The Morgan fingerprint density at radius 1 is 1.04 bits per heavy atom. The molecule has 0 radical (unpaired) electrons. The second-order valence-corrected chi connectivity index (χ2v) is 9.11. The third-order valence-corrected chi connectivity index (χ3v) is 7.36. The minimum Gasteiger partial charge on any atom is -0.207 e. The van der Waals surface area contributed by atoms with Gasteiger partial charge in [0, 0.05) is 29.1 Å². The first kappa shape index (κ1) is 16.8. The summed E-state index contributed by atoms with van der Waals surface area (Å²) in [7, 11) is -3.48. The zero-order chi connectivity index (χ0) is 16.3. The third-order valence-electron chi connectivity index (χ3n) is 3.91. The molecule has 122 valence electrons. The van der Waals surface area contributed by atoms with Gasteiger partial charge in [-0.25, -0.2) is 8.42 Å². The van der Waals surface area contributed by atoms with Crippen molar-refractivity contribution in [1.82, 2.24) is 4.31 Å². The van der Waals surface area contributed by atoms with Gasteiger partial charge in [-0.1, -0.05) is 48.0 Å². The summed E-state index contributed by atoms with van der Waals surface area (Å²) in [6.07, 6.45) is 0.814. The highest BCUT2D eigenvalue weighted by molar-refractivity contribution is 7.99. The maximum absolute atomic E-state index is 12.8. The molecule has 0 aromatic heterocycles. The molecule has 0 spiro atoms. The molecule has 0 saturated carbocycles. The van der Waals surface area contributed by atoms with Gasteiger partial charge in [-0.2, -0.15) is 16.1 Å². The summed E-state index contributed by atoms with van der Waals surface area (Å²) in [6, 6.07) is 16.8. The van der Waals surface area contributed by atoms with Crippen LogP contribution in [0.4, 0.5) is 0 Å². The molecule has 1 atom stereocenters. The molecule has 1 aliphatic heterocycles. The molecule has 0 N–H and O–H groups in total. The van der Waals surface area contributed by atoms with E-state index in [0.717, 1.165) is 12.2 Å². The van der Waals surface area contributed by atoms with Gasteiger partial charge in [-0.15, -0.1) is 0 Å². The molecular weight excluding hydrogens is 350 g/mol. The van der Waals surface area contributed by atoms with Crippen LogP contribution in [0.5, 0.6) is 0 Å². The van der Waals surface area contributed by atoms with Gasteiger partial charge in [0.15, 0.2) is 0 Å². The van der Waals surface area contributed by atoms with E-state index in [1.54, 1.807) is 22.5 Å². The molecule has 0 amide bonds. The fourth-order valence-corrected chi connectivity index (χ4v) is 5.81. The van der Waals surface area contributed by atoms with E-state index in [4.69, 9.17) is 11.6 Å². The molecule has 3 rings (SSSR count). The number of sulfonamides is 1. The standard InChI is InChI=1S/C17H18ClNO2S2/c18-15-7-4-8-16(13-15)23(20,21)19-10-9-17(22-12-11-19)14-5-2-1-3-6-14/h1-8,13,17H,9-12H2/t17-/m0/s1. The Labute approximate surface area is 146 Å². The van der Waals surface area contributed by atoms with Crippen LogP contribution in [0.2, 0.25) is 5.02 Å². The minimum absolute atomic E-state index is 0.271. The van der Waals surface area contributed by atoms with Crippen molar-refractivity contribution in [2.24, 2.45) is 0 Å². The molecule has 1 aliphatic rings. The second kappa shape index (κ2) is 7.26. The number of benzene rings is 2. The monoisotopic (exact) mass is 367 g/mol. The highest BCUT2D eigenvalue weighted by Crippen LogP contribution is 2.35. The summed E-state index contributed by atoms with van der Waals surface area (Å²) in [4.78, 5) is 0.271. The Morgan fingerprint density at radius 2 is 1.83 bits per heavy atom. The highest BCUT2D eigenvalue weighted by atomic mass is 35.5. The smallest absolute Gasteiger partial charge is 0.207 e. The van der Waals surface area contributed by atoms with E-state index in [9.17, 15) is 8.42 Å². The zero-order valence-electron chi connectivity index (χ0n) is 12.6. The molecule has 1 saturated heterocycles. The molecule has 6 heteroatoms. The van der Waals surface area contributed by atoms with Crippen LogP contribution in [0.3, 0.4) is 0 Å². The van der Waals surface area contributed by atoms with Crippen molar-refractivity contribution < 1.29 is 8.42 Å². The second-order valence-electron chi connectivity index (χ2n) is 5.42. The van der Waals surface area contributed by atoms with E-state index in [1.807, 2.05) is 30.0 Å². The van der Waals surface area contributed by atoms with Crippen molar-refractivity contribution in [1.29, 1.82) is 0 Å². The number of hydrogen-bond acceptors (Lipinski definition) is 3. The van der Waals surface area contributed by atoms with Gasteiger partial charge in [-0.05, 0) is 30.2 Å². The van der Waals surface area contributed by atoms with E-state index < -0.39 is 10.0 Å². The molecular formula is C17H18ClNO2S2. The van der Waals surface area contributed by atoms with E-state index in [2.05, 4.69) is 12.1 Å². The fourth-order valence-electron chi connectivity index (χ4n) is 2.70. The van der Waals surface area contributed by atoms with Crippen molar-refractivity contribution >= 4 is 33.4 Å². The highest BCUT2D eigenvalue weighted by Gasteiger charge is 2.28. The van der Waals surface area contributed by atoms with Gasteiger partial charge >= 0.3 is 0 Å². The summed E-state index contributed by atoms with van der Waals surface area (Å²) in [6.45, 7) is 1.06. The predicted molar refractivity (Wildman–Crippen MR) is 96.5 cm³/mol. The Bertz CT molecular complexity index is 765. The topological polar surface area (TPSA) is 37.4 Å². The molecule has 1 fully saturated rings. The van der Waals surface area contributed by atoms with E-state index in [-0.39, 0.29) is 4.90 Å².